The van der Waals surface area contributed by atoms with Gasteiger partial charge < -0.3 is 5.32 Å². The lowest BCUT2D eigenvalue weighted by Crippen LogP contribution is -2.89. The maximum atomic E-state index is 3.63. The van der Waals surface area contributed by atoms with Crippen LogP contribution in [0.3, 0.4) is 0 Å². The molecule has 1 heterocycles. The van der Waals surface area contributed by atoms with Gasteiger partial charge >= 0.3 is 0 Å². The highest BCUT2D eigenvalue weighted by molar-refractivity contribution is 9.09. The van der Waals surface area contributed by atoms with Gasteiger partial charge in [0.25, 0.3) is 0 Å². The van der Waals surface area contributed by atoms with Crippen LogP contribution in [0.4, 0.5) is 0 Å². The van der Waals surface area contributed by atoms with Crippen molar-refractivity contribution in [3.63, 3.8) is 0 Å². The van der Waals surface area contributed by atoms with E-state index in [1.165, 1.54) is 17.7 Å². The fourth-order valence-electron chi connectivity index (χ4n) is 2.78. The minimum atomic E-state index is 0.503. The van der Waals surface area contributed by atoms with Gasteiger partial charge in [0.05, 0.1) is 11.8 Å². The van der Waals surface area contributed by atoms with E-state index in [1.807, 2.05) is 0 Å². The Bertz CT molecular complexity index is 522. The Balaban J connectivity index is 1.73. The van der Waals surface area contributed by atoms with Gasteiger partial charge in [0.15, 0.2) is 5.50 Å². The lowest BCUT2D eigenvalue weighted by atomic mass is 10.2. The molecule has 0 radical (unpaired) electrons. The first kappa shape index (κ1) is 16.1. The lowest BCUT2D eigenvalue weighted by Gasteiger charge is -2.26. The summed E-state index contributed by atoms with van der Waals surface area (Å²) >= 11 is 5.71. The summed E-state index contributed by atoms with van der Waals surface area (Å²) in [4.78, 5) is 2.58. The highest BCUT2D eigenvalue weighted by Gasteiger charge is 2.32. The molecular weight excluding hydrogens is 356 g/mol. The molecule has 1 fully saturated rings. The van der Waals surface area contributed by atoms with Crippen molar-refractivity contribution in [1.29, 1.82) is 0 Å². The smallest absolute Gasteiger partial charge is 0.191 e. The van der Waals surface area contributed by atoms with Crippen LogP contribution in [0.2, 0.25) is 0 Å². The molecule has 0 saturated carbocycles. The van der Waals surface area contributed by atoms with Crippen LogP contribution < -0.4 is 5.32 Å². The summed E-state index contributed by atoms with van der Waals surface area (Å²) in [6.07, 6.45) is 0. The molecule has 22 heavy (non-hydrogen) atoms. The SMILES string of the molecule is BrCC1C[NH2+]C(N(Cc2ccccc2)Cc2ccccc2)S1. The number of alkyl halides is 1. The van der Waals surface area contributed by atoms with Gasteiger partial charge in [0.1, 0.15) is 0 Å². The second-order valence-electron chi connectivity index (χ2n) is 5.65. The Hall–Kier alpha value is -0.810. The van der Waals surface area contributed by atoms with E-state index in [-0.39, 0.29) is 0 Å². The average Bonchev–Trinajstić information content (AvgIpc) is 3.05. The second kappa shape index (κ2) is 8.16. The van der Waals surface area contributed by atoms with Crippen LogP contribution in [-0.2, 0) is 13.1 Å². The van der Waals surface area contributed by atoms with Gasteiger partial charge in [-0.1, -0.05) is 88.4 Å². The van der Waals surface area contributed by atoms with E-state index < -0.39 is 0 Å². The lowest BCUT2D eigenvalue weighted by molar-refractivity contribution is -0.678. The molecule has 1 aliphatic rings. The number of nitrogens with two attached hydrogens (primary N) is 1. The van der Waals surface area contributed by atoms with Crippen LogP contribution in [0, 0.1) is 0 Å². The van der Waals surface area contributed by atoms with Crippen LogP contribution >= 0.6 is 27.7 Å². The third kappa shape index (κ3) is 4.35. The molecule has 1 aliphatic heterocycles. The van der Waals surface area contributed by atoms with Crippen LogP contribution in [0.25, 0.3) is 0 Å². The maximum absolute atomic E-state index is 3.63. The molecule has 2 aromatic carbocycles. The normalized spacial score (nSPS) is 21.4. The van der Waals surface area contributed by atoms with Gasteiger partial charge in [-0.15, -0.1) is 0 Å². The van der Waals surface area contributed by atoms with Gasteiger partial charge in [-0.05, 0) is 11.1 Å². The molecule has 2 aromatic rings. The van der Waals surface area contributed by atoms with Gasteiger partial charge in [-0.3, -0.25) is 0 Å². The first-order valence-electron chi connectivity index (χ1n) is 7.72. The Labute approximate surface area is 145 Å². The number of rotatable bonds is 6. The first-order valence-corrected chi connectivity index (χ1v) is 9.78. The van der Waals surface area contributed by atoms with Crippen molar-refractivity contribution in [2.45, 2.75) is 23.8 Å². The molecule has 2 N–H and O–H groups in total. The van der Waals surface area contributed by atoms with Crippen molar-refractivity contribution in [3.05, 3.63) is 71.8 Å². The summed E-state index contributed by atoms with van der Waals surface area (Å²) in [7, 11) is 0. The number of quaternary nitrogens is 1. The van der Waals surface area contributed by atoms with E-state index in [4.69, 9.17) is 0 Å². The third-order valence-electron chi connectivity index (χ3n) is 3.92. The minimum Gasteiger partial charge on any atom is -0.321 e. The maximum Gasteiger partial charge on any atom is 0.191 e. The molecule has 1 saturated heterocycles. The molecule has 3 rings (SSSR count). The molecule has 2 atom stereocenters. The minimum absolute atomic E-state index is 0.503. The molecule has 116 valence electrons. The van der Waals surface area contributed by atoms with Gasteiger partial charge in [0, 0.05) is 18.4 Å². The number of halogens is 1. The molecular formula is C18H22BrN2S+. The van der Waals surface area contributed by atoms with Gasteiger partial charge in [0.2, 0.25) is 0 Å². The number of thioether (sulfide) groups is 1. The quantitative estimate of drug-likeness (QED) is 0.780. The molecule has 0 aliphatic carbocycles. The van der Waals surface area contributed by atoms with Crippen LogP contribution in [0.5, 0.6) is 0 Å². The topological polar surface area (TPSA) is 19.9 Å². The fourth-order valence-corrected chi connectivity index (χ4v) is 4.74. The zero-order chi connectivity index (χ0) is 15.2. The molecule has 4 heteroatoms. The number of nitrogens with zero attached hydrogens (tertiary/aromatic N) is 1. The molecule has 0 amide bonds. The number of hydrogen-bond acceptors (Lipinski definition) is 2. The molecule has 2 nitrogen and oxygen atoms in total. The predicted octanol–water partition coefficient (Wildman–Crippen LogP) is 3.05. The van der Waals surface area contributed by atoms with Crippen LogP contribution in [-0.4, -0.2) is 27.5 Å². The third-order valence-corrected chi connectivity index (χ3v) is 6.65. The van der Waals surface area contributed by atoms with E-state index in [9.17, 15) is 0 Å². The molecule has 0 bridgehead atoms. The van der Waals surface area contributed by atoms with Crippen molar-refractivity contribution in [1.82, 2.24) is 4.90 Å². The van der Waals surface area contributed by atoms with E-state index in [0.29, 0.717) is 10.7 Å². The van der Waals surface area contributed by atoms with Crippen molar-refractivity contribution >= 4 is 27.7 Å². The van der Waals surface area contributed by atoms with E-state index >= 15 is 0 Å². The number of hydrogen-bond donors (Lipinski definition) is 1. The van der Waals surface area contributed by atoms with Crippen LogP contribution in [0.1, 0.15) is 11.1 Å². The number of benzene rings is 2. The Morgan fingerprint density at radius 2 is 1.50 bits per heavy atom. The zero-order valence-electron chi connectivity index (χ0n) is 12.6. The second-order valence-corrected chi connectivity index (χ2v) is 7.72. The summed E-state index contributed by atoms with van der Waals surface area (Å²) in [5.41, 5.74) is 3.27. The first-order chi connectivity index (χ1) is 10.8. The van der Waals surface area contributed by atoms with Crippen molar-refractivity contribution in [3.8, 4) is 0 Å². The summed E-state index contributed by atoms with van der Waals surface area (Å²) < 4.78 is 0. The van der Waals surface area contributed by atoms with Crippen LogP contribution in [0.15, 0.2) is 60.7 Å². The molecule has 0 spiro atoms. The summed E-state index contributed by atoms with van der Waals surface area (Å²) in [5.74, 6) is 0. The van der Waals surface area contributed by atoms with E-state index in [2.05, 4.69) is 98.6 Å². The van der Waals surface area contributed by atoms with E-state index in [0.717, 1.165) is 18.4 Å². The Morgan fingerprint density at radius 3 is 1.95 bits per heavy atom. The predicted molar refractivity (Wildman–Crippen MR) is 97.9 cm³/mol. The van der Waals surface area contributed by atoms with Crippen molar-refractivity contribution in [2.75, 3.05) is 11.9 Å². The van der Waals surface area contributed by atoms with E-state index in [1.54, 1.807) is 0 Å². The van der Waals surface area contributed by atoms with Crippen molar-refractivity contribution in [2.24, 2.45) is 0 Å². The average molecular weight is 378 g/mol. The monoisotopic (exact) mass is 377 g/mol. The van der Waals surface area contributed by atoms with Crippen molar-refractivity contribution < 1.29 is 5.32 Å². The summed E-state index contributed by atoms with van der Waals surface area (Å²) in [6.45, 7) is 3.19. The Kier molecular flexibility index (Phi) is 5.96. The molecule has 2 unspecified atom stereocenters. The van der Waals surface area contributed by atoms with Gasteiger partial charge in [-0.2, -0.15) is 0 Å². The largest absolute Gasteiger partial charge is 0.321 e. The Morgan fingerprint density at radius 1 is 0.955 bits per heavy atom. The summed E-state index contributed by atoms with van der Waals surface area (Å²) in [5, 5.41) is 4.26. The highest BCUT2D eigenvalue weighted by atomic mass is 79.9. The fraction of sp³-hybridized carbons (Fsp3) is 0.333. The van der Waals surface area contributed by atoms with Gasteiger partial charge in [-0.25, -0.2) is 4.90 Å². The standard InChI is InChI=1S/C18H21BrN2S/c19-11-17-12-20-18(22-17)21(13-15-7-3-1-4-8-15)14-16-9-5-2-6-10-16/h1-10,17-18,20H,11-14H2/p+1. The zero-order valence-corrected chi connectivity index (χ0v) is 15.0. The molecule has 0 aromatic heterocycles. The highest BCUT2D eigenvalue weighted by Crippen LogP contribution is 2.24. The summed E-state index contributed by atoms with van der Waals surface area (Å²) in [6, 6.07) is 21.6.